The second-order valence-electron chi connectivity index (χ2n) is 3.41. The van der Waals surface area contributed by atoms with Gasteiger partial charge in [0.2, 0.25) is 0 Å². The Morgan fingerprint density at radius 1 is 1.53 bits per heavy atom. The number of aliphatic hydroxyl groups excluding tert-OH is 1. The average molecular weight is 238 g/mol. The number of halogens is 1. The Hall–Kier alpha value is -1.68. The quantitative estimate of drug-likeness (QED) is 0.630. The molecule has 0 heterocycles. The molecule has 1 N–H and O–H groups in total. The van der Waals surface area contributed by atoms with E-state index in [4.69, 9.17) is 9.84 Å². The fraction of sp³-hybridized carbons (Fsp3) is 0.308. The lowest BCUT2D eigenvalue weighted by atomic mass is 10.1. The molecule has 92 valence electrons. The van der Waals surface area contributed by atoms with Crippen LogP contribution in [0.4, 0.5) is 4.39 Å². The van der Waals surface area contributed by atoms with E-state index in [1.54, 1.807) is 19.1 Å². The van der Waals surface area contributed by atoms with Gasteiger partial charge < -0.3 is 9.84 Å². The van der Waals surface area contributed by atoms with E-state index < -0.39 is 5.97 Å². The molecule has 0 saturated carbocycles. The van der Waals surface area contributed by atoms with Crippen molar-refractivity contribution in [3.8, 4) is 0 Å². The van der Waals surface area contributed by atoms with Crippen LogP contribution in [-0.4, -0.2) is 24.3 Å². The number of hydrogen-bond donors (Lipinski definition) is 1. The summed E-state index contributed by atoms with van der Waals surface area (Å²) < 4.78 is 18.2. The molecule has 0 radical (unpaired) electrons. The fourth-order valence-corrected chi connectivity index (χ4v) is 1.35. The largest absolute Gasteiger partial charge is 0.463 e. The summed E-state index contributed by atoms with van der Waals surface area (Å²) in [6.45, 7) is 1.94. The normalized spacial score (nSPS) is 10.8. The van der Waals surface area contributed by atoms with E-state index in [2.05, 4.69) is 0 Å². The number of ether oxygens (including phenoxy) is 1. The zero-order chi connectivity index (χ0) is 12.7. The van der Waals surface area contributed by atoms with Crippen molar-refractivity contribution in [3.63, 3.8) is 0 Å². The van der Waals surface area contributed by atoms with Gasteiger partial charge in [0.05, 0.1) is 6.61 Å². The first kappa shape index (κ1) is 13.4. The molecular formula is C13H15FO3. The lowest BCUT2D eigenvalue weighted by molar-refractivity contribution is -0.137. The van der Waals surface area contributed by atoms with E-state index in [0.717, 1.165) is 0 Å². The van der Waals surface area contributed by atoms with Gasteiger partial charge in [-0.3, -0.25) is 0 Å². The average Bonchev–Trinajstić information content (AvgIpc) is 2.30. The van der Waals surface area contributed by atoms with Gasteiger partial charge in [0, 0.05) is 12.7 Å². The Kier molecular flexibility index (Phi) is 5.36. The number of benzene rings is 1. The smallest absolute Gasteiger partial charge is 0.330 e. The maximum Gasteiger partial charge on any atom is 0.330 e. The highest BCUT2D eigenvalue weighted by molar-refractivity contribution is 5.87. The maximum absolute atomic E-state index is 13.4. The second-order valence-corrected chi connectivity index (χ2v) is 3.41. The molecule has 0 spiro atoms. The summed E-state index contributed by atoms with van der Waals surface area (Å²) in [7, 11) is 0. The summed E-state index contributed by atoms with van der Waals surface area (Å²) in [6.07, 6.45) is 3.03. The van der Waals surface area contributed by atoms with Gasteiger partial charge in [-0.05, 0) is 36.6 Å². The Morgan fingerprint density at radius 3 is 2.88 bits per heavy atom. The van der Waals surface area contributed by atoms with Crippen LogP contribution in [0, 0.1) is 5.82 Å². The van der Waals surface area contributed by atoms with E-state index in [-0.39, 0.29) is 18.8 Å². The summed E-state index contributed by atoms with van der Waals surface area (Å²) in [5.41, 5.74) is 1.04. The molecule has 0 fully saturated rings. The van der Waals surface area contributed by atoms with Gasteiger partial charge in [0.1, 0.15) is 5.82 Å². The van der Waals surface area contributed by atoms with Crippen molar-refractivity contribution in [1.29, 1.82) is 0 Å². The third kappa shape index (κ3) is 4.36. The lowest BCUT2D eigenvalue weighted by Crippen LogP contribution is -1.99. The molecule has 17 heavy (non-hydrogen) atoms. The molecule has 0 aliphatic rings. The van der Waals surface area contributed by atoms with E-state index in [0.29, 0.717) is 17.7 Å². The van der Waals surface area contributed by atoms with Gasteiger partial charge in [-0.2, -0.15) is 0 Å². The molecule has 4 heteroatoms. The Bertz CT molecular complexity index is 413. The van der Waals surface area contributed by atoms with Gasteiger partial charge in [0.25, 0.3) is 0 Å². The summed E-state index contributed by atoms with van der Waals surface area (Å²) in [4.78, 5) is 11.0. The third-order valence-electron chi connectivity index (χ3n) is 2.16. The predicted octanol–water partition coefficient (Wildman–Crippen LogP) is 1.94. The van der Waals surface area contributed by atoms with Crippen molar-refractivity contribution in [2.75, 3.05) is 13.2 Å². The van der Waals surface area contributed by atoms with Crippen LogP contribution in [0.25, 0.3) is 6.08 Å². The van der Waals surface area contributed by atoms with E-state index in [1.807, 2.05) is 0 Å². The number of hydrogen-bond acceptors (Lipinski definition) is 3. The molecule has 0 aliphatic carbocycles. The molecule has 1 aromatic carbocycles. The molecule has 0 atom stereocenters. The van der Waals surface area contributed by atoms with Gasteiger partial charge in [-0.15, -0.1) is 0 Å². The minimum absolute atomic E-state index is 0.0884. The van der Waals surface area contributed by atoms with Crippen LogP contribution in [0.15, 0.2) is 24.3 Å². The van der Waals surface area contributed by atoms with Crippen LogP contribution in [0.2, 0.25) is 0 Å². The van der Waals surface area contributed by atoms with Gasteiger partial charge in [0.15, 0.2) is 0 Å². The molecule has 0 aromatic heterocycles. The minimum atomic E-state index is -0.452. The second kappa shape index (κ2) is 6.81. The summed E-state index contributed by atoms with van der Waals surface area (Å²) in [6, 6.07) is 4.60. The zero-order valence-electron chi connectivity index (χ0n) is 9.65. The van der Waals surface area contributed by atoms with Gasteiger partial charge >= 0.3 is 5.97 Å². The monoisotopic (exact) mass is 238 g/mol. The van der Waals surface area contributed by atoms with Crippen molar-refractivity contribution in [2.45, 2.75) is 13.3 Å². The van der Waals surface area contributed by atoms with Crippen molar-refractivity contribution in [3.05, 3.63) is 41.2 Å². The van der Waals surface area contributed by atoms with Crippen molar-refractivity contribution in [1.82, 2.24) is 0 Å². The summed E-state index contributed by atoms with van der Waals surface area (Å²) in [5.74, 6) is -0.836. The molecule has 0 saturated heterocycles. The number of carbonyl (C=O) groups is 1. The van der Waals surface area contributed by atoms with E-state index >= 15 is 0 Å². The van der Waals surface area contributed by atoms with Crippen molar-refractivity contribution in [2.24, 2.45) is 0 Å². The van der Waals surface area contributed by atoms with Crippen molar-refractivity contribution >= 4 is 12.0 Å². The molecular weight excluding hydrogens is 223 g/mol. The third-order valence-corrected chi connectivity index (χ3v) is 2.16. The van der Waals surface area contributed by atoms with Crippen LogP contribution in [-0.2, 0) is 16.0 Å². The van der Waals surface area contributed by atoms with Gasteiger partial charge in [-0.1, -0.05) is 12.1 Å². The Morgan fingerprint density at radius 2 is 2.29 bits per heavy atom. The molecule has 1 rings (SSSR count). The molecule has 1 aromatic rings. The first-order valence-corrected chi connectivity index (χ1v) is 5.41. The standard InChI is InChI=1S/C13H15FO3/c1-2-17-13(16)6-4-10-3-5-11(7-8-15)12(14)9-10/h3-6,9,15H,2,7-8H2,1H3/b6-4+. The van der Waals surface area contributed by atoms with Crippen LogP contribution >= 0.6 is 0 Å². The van der Waals surface area contributed by atoms with E-state index in [9.17, 15) is 9.18 Å². The first-order valence-electron chi connectivity index (χ1n) is 5.41. The predicted molar refractivity (Wildman–Crippen MR) is 62.9 cm³/mol. The summed E-state index contributed by atoms with van der Waals surface area (Å²) >= 11 is 0. The fourth-order valence-electron chi connectivity index (χ4n) is 1.35. The van der Waals surface area contributed by atoms with E-state index in [1.165, 1.54) is 18.2 Å². The highest BCUT2D eigenvalue weighted by Crippen LogP contribution is 2.12. The molecule has 0 unspecified atom stereocenters. The number of esters is 1. The molecule has 0 amide bonds. The van der Waals surface area contributed by atoms with Crippen LogP contribution in [0.3, 0.4) is 0 Å². The van der Waals surface area contributed by atoms with Crippen LogP contribution in [0.5, 0.6) is 0 Å². The Labute approximate surface area is 99.5 Å². The highest BCUT2D eigenvalue weighted by Gasteiger charge is 2.02. The van der Waals surface area contributed by atoms with Crippen molar-refractivity contribution < 1.29 is 19.0 Å². The first-order chi connectivity index (χ1) is 8.17. The molecule has 0 aliphatic heterocycles. The summed E-state index contributed by atoms with van der Waals surface area (Å²) in [5, 5.41) is 8.71. The lowest BCUT2D eigenvalue weighted by Gasteiger charge is -2.02. The number of carbonyl (C=O) groups excluding carboxylic acids is 1. The van der Waals surface area contributed by atoms with Crippen LogP contribution < -0.4 is 0 Å². The minimum Gasteiger partial charge on any atom is -0.463 e. The van der Waals surface area contributed by atoms with Crippen LogP contribution in [0.1, 0.15) is 18.1 Å². The van der Waals surface area contributed by atoms with Gasteiger partial charge in [-0.25, -0.2) is 9.18 Å². The number of aliphatic hydroxyl groups is 1. The maximum atomic E-state index is 13.4. The number of rotatable bonds is 5. The topological polar surface area (TPSA) is 46.5 Å². The highest BCUT2D eigenvalue weighted by atomic mass is 19.1. The Balaban J connectivity index is 2.73. The molecule has 3 nitrogen and oxygen atoms in total. The zero-order valence-corrected chi connectivity index (χ0v) is 9.65. The molecule has 0 bridgehead atoms. The SMILES string of the molecule is CCOC(=O)/C=C/c1ccc(CCO)c(F)c1.